The highest BCUT2D eigenvalue weighted by Gasteiger charge is 2.38. The van der Waals surface area contributed by atoms with E-state index >= 15 is 0 Å². The summed E-state index contributed by atoms with van der Waals surface area (Å²) in [6, 6.07) is 30.4. The van der Waals surface area contributed by atoms with E-state index < -0.39 is 51.9 Å². The van der Waals surface area contributed by atoms with Crippen LogP contribution in [0.5, 0.6) is 5.75 Å². The largest absolute Gasteiger partial charge is 0.488 e. The zero-order chi connectivity index (χ0) is 39.9. The van der Waals surface area contributed by atoms with Crippen LogP contribution in [-0.2, 0) is 29.3 Å². The Bertz CT molecular complexity index is 2160. The lowest BCUT2D eigenvalue weighted by molar-refractivity contribution is -0.121. The zero-order valence-corrected chi connectivity index (χ0v) is 31.9. The van der Waals surface area contributed by atoms with Gasteiger partial charge in [0.2, 0.25) is 11.7 Å². The van der Waals surface area contributed by atoms with Crippen molar-refractivity contribution in [3.63, 3.8) is 0 Å². The molecule has 0 radical (unpaired) electrons. The van der Waals surface area contributed by atoms with Crippen LogP contribution in [0.25, 0.3) is 0 Å². The normalized spacial score (nSPS) is 16.1. The van der Waals surface area contributed by atoms with Crippen LogP contribution in [0.15, 0.2) is 108 Å². The lowest BCUT2D eigenvalue weighted by atomic mass is 9.84. The monoisotopic (exact) mass is 800 g/mol. The maximum absolute atomic E-state index is 14.8. The van der Waals surface area contributed by atoms with Crippen molar-refractivity contribution in [1.82, 2.24) is 4.31 Å². The Labute approximate surface area is 332 Å². The van der Waals surface area contributed by atoms with E-state index in [9.17, 15) is 31.5 Å². The molecule has 2 aliphatic rings. The number of halogens is 5. The third-order valence-electron chi connectivity index (χ3n) is 10.5. The van der Waals surface area contributed by atoms with E-state index in [2.05, 4.69) is 12.1 Å². The molecule has 2 fully saturated rings. The molecule has 1 aliphatic carbocycles. The van der Waals surface area contributed by atoms with Gasteiger partial charge in [-0.25, -0.2) is 31.1 Å². The number of ether oxygens (including phenoxy) is 2. The molecule has 1 atom stereocenters. The fourth-order valence-electron chi connectivity index (χ4n) is 7.37. The lowest BCUT2D eigenvalue weighted by Crippen LogP contribution is -2.43. The van der Waals surface area contributed by atoms with E-state index in [-0.39, 0.29) is 44.0 Å². The van der Waals surface area contributed by atoms with Crippen molar-refractivity contribution in [2.75, 3.05) is 11.4 Å². The van der Waals surface area contributed by atoms with E-state index in [1.807, 2.05) is 72.8 Å². The van der Waals surface area contributed by atoms with Crippen LogP contribution in [0.2, 0.25) is 0 Å². The minimum absolute atomic E-state index is 0.0270. The number of hydrogen-bond donors (Lipinski definition) is 0. The molecule has 5 aromatic carbocycles. The average molecular weight is 801 g/mol. The predicted octanol–water partition coefficient (Wildman–Crippen LogP) is 11.1. The highest BCUT2D eigenvalue weighted by molar-refractivity contribution is 7.97. The van der Waals surface area contributed by atoms with Crippen LogP contribution < -0.4 is 9.64 Å². The number of carbonyl (C=O) groups is 2. The minimum atomic E-state index is -2.25. The number of esters is 1. The van der Waals surface area contributed by atoms with Gasteiger partial charge in [-0.15, -0.1) is 0 Å². The SMILES string of the molecule is O=C(OCc1ccccc1)c1ccc(N(Cc2ccc(C3CCCCC3)cc2)C(=O)[C@H]2CCCN2Sc2c(F)c(F)c(F)c(F)c2F)cc1OCc1ccccc1. The van der Waals surface area contributed by atoms with Gasteiger partial charge in [0.15, 0.2) is 23.3 Å². The van der Waals surface area contributed by atoms with Crippen molar-refractivity contribution >= 4 is 29.5 Å². The molecule has 12 heteroatoms. The van der Waals surface area contributed by atoms with Gasteiger partial charge in [0.25, 0.3) is 0 Å². The first kappa shape index (κ1) is 40.0. The van der Waals surface area contributed by atoms with Gasteiger partial charge in [0.1, 0.15) is 29.4 Å². The van der Waals surface area contributed by atoms with Crippen LogP contribution in [0, 0.1) is 29.1 Å². The van der Waals surface area contributed by atoms with Crippen molar-refractivity contribution in [1.29, 1.82) is 0 Å². The highest BCUT2D eigenvalue weighted by atomic mass is 32.2. The molecule has 0 aromatic heterocycles. The van der Waals surface area contributed by atoms with E-state index in [1.54, 1.807) is 12.1 Å². The van der Waals surface area contributed by atoms with Gasteiger partial charge in [-0.1, -0.05) is 104 Å². The topological polar surface area (TPSA) is 59.1 Å². The molecule has 0 bridgehead atoms. The zero-order valence-electron chi connectivity index (χ0n) is 31.1. The second kappa shape index (κ2) is 18.4. The molecule has 1 aliphatic heterocycles. The molecule has 7 rings (SSSR count). The third-order valence-corrected chi connectivity index (χ3v) is 11.7. The number of carbonyl (C=O) groups excluding carboxylic acids is 2. The molecule has 1 amide bonds. The standard InChI is InChI=1S/C45H41F5N2O4S/c46-38-39(47)41(49)43(42(50)40(38)48)57-52-24-10-17-36(52)44(53)51(26-29-18-20-33(21-19-29)32-15-8-3-9-16-32)34-22-23-35(45(54)56-28-31-13-6-2-7-14-31)37(25-34)55-27-30-11-4-1-5-12-30/h1-2,4-7,11-14,18-23,25,32,36H,3,8-10,15-17,24,26-28H2/t36-/m1/s1. The summed E-state index contributed by atoms with van der Waals surface area (Å²) >= 11 is 0.337. The molecule has 1 saturated carbocycles. The van der Waals surface area contributed by atoms with Gasteiger partial charge in [0.05, 0.1) is 12.6 Å². The van der Waals surface area contributed by atoms with Crippen LogP contribution in [-0.4, -0.2) is 28.8 Å². The third kappa shape index (κ3) is 9.34. The molecule has 0 spiro atoms. The van der Waals surface area contributed by atoms with Crippen molar-refractivity contribution < 1.29 is 41.0 Å². The molecular weight excluding hydrogens is 760 g/mol. The maximum Gasteiger partial charge on any atom is 0.342 e. The first-order valence-electron chi connectivity index (χ1n) is 19.1. The fourth-order valence-corrected chi connectivity index (χ4v) is 8.49. The molecule has 1 saturated heterocycles. The summed E-state index contributed by atoms with van der Waals surface area (Å²) in [4.78, 5) is 28.7. The summed E-state index contributed by atoms with van der Waals surface area (Å²) in [6.07, 6.45) is 6.52. The van der Waals surface area contributed by atoms with Gasteiger partial charge in [0, 0.05) is 18.3 Å². The van der Waals surface area contributed by atoms with Crippen LogP contribution >= 0.6 is 11.9 Å². The Morgan fingerprint density at radius 1 is 0.667 bits per heavy atom. The number of rotatable bonds is 13. The van der Waals surface area contributed by atoms with Gasteiger partial charge in [-0.05, 0) is 77.9 Å². The Kier molecular flexibility index (Phi) is 12.9. The quantitative estimate of drug-likeness (QED) is 0.0389. The molecule has 296 valence electrons. The second-order valence-corrected chi connectivity index (χ2v) is 15.4. The van der Waals surface area contributed by atoms with Gasteiger partial charge >= 0.3 is 5.97 Å². The van der Waals surface area contributed by atoms with Crippen LogP contribution in [0.3, 0.4) is 0 Å². The smallest absolute Gasteiger partial charge is 0.342 e. The van der Waals surface area contributed by atoms with E-state index in [0.717, 1.165) is 29.5 Å². The molecule has 0 N–H and O–H groups in total. The minimum Gasteiger partial charge on any atom is -0.488 e. The van der Waals surface area contributed by atoms with Crippen molar-refractivity contribution in [2.45, 2.75) is 81.6 Å². The highest BCUT2D eigenvalue weighted by Crippen LogP contribution is 2.39. The van der Waals surface area contributed by atoms with E-state index in [4.69, 9.17) is 9.47 Å². The van der Waals surface area contributed by atoms with Crippen molar-refractivity contribution in [3.05, 3.63) is 160 Å². The summed E-state index contributed by atoms with van der Waals surface area (Å²) in [5.41, 5.74) is 4.17. The van der Waals surface area contributed by atoms with Crippen LogP contribution in [0.4, 0.5) is 27.6 Å². The Balaban J connectivity index is 1.22. The Hall–Kier alpha value is -5.20. The number of hydrogen-bond acceptors (Lipinski definition) is 6. The van der Waals surface area contributed by atoms with Gasteiger partial charge in [-0.2, -0.15) is 0 Å². The first-order chi connectivity index (χ1) is 27.7. The number of benzene rings is 5. The van der Waals surface area contributed by atoms with Gasteiger partial charge in [-0.3, -0.25) is 4.79 Å². The molecular formula is C45H41F5N2O4S. The van der Waals surface area contributed by atoms with Crippen molar-refractivity contribution in [3.8, 4) is 5.75 Å². The summed E-state index contributed by atoms with van der Waals surface area (Å²) in [6.45, 7) is 0.368. The Morgan fingerprint density at radius 3 is 1.93 bits per heavy atom. The summed E-state index contributed by atoms with van der Waals surface area (Å²) in [5, 5.41) is 0. The number of nitrogens with zero attached hydrogens (tertiary/aromatic N) is 2. The summed E-state index contributed by atoms with van der Waals surface area (Å²) < 4.78 is 85.2. The first-order valence-corrected chi connectivity index (χ1v) is 19.8. The molecule has 5 aromatic rings. The molecule has 6 nitrogen and oxygen atoms in total. The Morgan fingerprint density at radius 2 is 1.28 bits per heavy atom. The summed E-state index contributed by atoms with van der Waals surface area (Å²) in [7, 11) is 0. The summed E-state index contributed by atoms with van der Waals surface area (Å²) in [5.74, 6) is -10.7. The lowest BCUT2D eigenvalue weighted by Gasteiger charge is -2.30. The number of anilines is 1. The van der Waals surface area contributed by atoms with E-state index in [1.165, 1.54) is 40.1 Å². The fraction of sp³-hybridized carbons (Fsp3) is 0.289. The predicted molar refractivity (Wildman–Crippen MR) is 208 cm³/mol. The number of amides is 1. The second-order valence-electron chi connectivity index (χ2n) is 14.3. The van der Waals surface area contributed by atoms with Gasteiger partial charge < -0.3 is 14.4 Å². The molecule has 0 unspecified atom stereocenters. The van der Waals surface area contributed by atoms with E-state index in [0.29, 0.717) is 30.0 Å². The molecule has 1 heterocycles. The maximum atomic E-state index is 14.8. The van der Waals surface area contributed by atoms with Crippen LogP contribution in [0.1, 0.15) is 83.5 Å². The molecule has 57 heavy (non-hydrogen) atoms. The van der Waals surface area contributed by atoms with Crippen molar-refractivity contribution in [2.24, 2.45) is 0 Å². The average Bonchev–Trinajstić information content (AvgIpc) is 3.73.